The molecular weight excluding hydrogens is 435 g/mol. The Balaban J connectivity index is 2.17. The molecule has 2 aromatic rings. The van der Waals surface area contributed by atoms with Gasteiger partial charge in [-0.15, -0.1) is 0 Å². The number of likely N-dealkylation sites (N-methyl/N-ethyl adjacent to an activating group) is 1. The fourth-order valence-electron chi connectivity index (χ4n) is 2.67. The largest absolute Gasteiger partial charge is 0.484 e. The van der Waals surface area contributed by atoms with Gasteiger partial charge in [0, 0.05) is 18.1 Å². The number of amides is 2. The highest BCUT2D eigenvalue weighted by molar-refractivity contribution is 6.42. The molecule has 0 saturated heterocycles. The Hall–Kier alpha value is -1.95. The van der Waals surface area contributed by atoms with Gasteiger partial charge in [0.15, 0.2) is 6.61 Å². The van der Waals surface area contributed by atoms with Gasteiger partial charge >= 0.3 is 0 Å². The highest BCUT2D eigenvalue weighted by atomic mass is 35.5. The maximum atomic E-state index is 12.9. The summed E-state index contributed by atoms with van der Waals surface area (Å²) in [4.78, 5) is 26.7. The van der Waals surface area contributed by atoms with Crippen LogP contribution in [0, 0.1) is 6.92 Å². The van der Waals surface area contributed by atoms with E-state index in [2.05, 4.69) is 5.32 Å². The van der Waals surface area contributed by atoms with Crippen LogP contribution in [0.15, 0.2) is 36.4 Å². The Morgan fingerprint density at radius 3 is 2.38 bits per heavy atom. The second-order valence-electron chi connectivity index (χ2n) is 6.54. The average Bonchev–Trinajstić information content (AvgIpc) is 2.69. The number of ether oxygens (including phenoxy) is 1. The Labute approximate surface area is 185 Å². The van der Waals surface area contributed by atoms with E-state index in [0.29, 0.717) is 27.4 Å². The lowest BCUT2D eigenvalue weighted by Gasteiger charge is -2.28. The first-order valence-corrected chi connectivity index (χ1v) is 10.3. The fourth-order valence-corrected chi connectivity index (χ4v) is 3.11. The first kappa shape index (κ1) is 23.3. The molecule has 1 N–H and O–H groups in total. The SMILES string of the molecule is CCNC(=O)[C@@H](C)N(Cc1ccc(Cl)c(Cl)c1)C(=O)COc1ccc(Cl)c(C)c1. The van der Waals surface area contributed by atoms with Crippen molar-refractivity contribution in [3.63, 3.8) is 0 Å². The predicted octanol–water partition coefficient (Wildman–Crippen LogP) is 4.89. The summed E-state index contributed by atoms with van der Waals surface area (Å²) in [6.07, 6.45) is 0. The summed E-state index contributed by atoms with van der Waals surface area (Å²) in [6, 6.07) is 9.58. The highest BCUT2D eigenvalue weighted by Gasteiger charge is 2.26. The number of nitrogens with zero attached hydrogens (tertiary/aromatic N) is 1. The molecule has 0 spiro atoms. The van der Waals surface area contributed by atoms with Crippen LogP contribution in [0.4, 0.5) is 0 Å². The number of aryl methyl sites for hydroxylation is 1. The first-order chi connectivity index (χ1) is 13.7. The van der Waals surface area contributed by atoms with E-state index >= 15 is 0 Å². The van der Waals surface area contributed by atoms with Gasteiger partial charge in [-0.25, -0.2) is 0 Å². The van der Waals surface area contributed by atoms with E-state index in [1.54, 1.807) is 43.3 Å². The van der Waals surface area contributed by atoms with Gasteiger partial charge in [-0.1, -0.05) is 40.9 Å². The van der Waals surface area contributed by atoms with Crippen LogP contribution in [-0.4, -0.2) is 35.9 Å². The van der Waals surface area contributed by atoms with E-state index in [9.17, 15) is 9.59 Å². The van der Waals surface area contributed by atoms with Crippen LogP contribution in [0.1, 0.15) is 25.0 Å². The number of hydrogen-bond acceptors (Lipinski definition) is 3. The zero-order valence-electron chi connectivity index (χ0n) is 16.5. The number of carbonyl (C=O) groups is 2. The number of halogens is 3. The monoisotopic (exact) mass is 456 g/mol. The number of nitrogens with one attached hydrogen (secondary N) is 1. The Bertz CT molecular complexity index is 889. The van der Waals surface area contributed by atoms with Crippen LogP contribution in [0.25, 0.3) is 0 Å². The van der Waals surface area contributed by atoms with Gasteiger partial charge in [0.1, 0.15) is 11.8 Å². The molecule has 0 unspecified atom stereocenters. The molecule has 2 aromatic carbocycles. The van der Waals surface area contributed by atoms with E-state index < -0.39 is 6.04 Å². The van der Waals surface area contributed by atoms with Crippen molar-refractivity contribution in [1.29, 1.82) is 0 Å². The standard InChI is InChI=1S/C21H23Cl3N2O3/c1-4-25-21(28)14(3)26(11-15-5-7-18(23)19(24)10-15)20(27)12-29-16-6-8-17(22)13(2)9-16/h5-10,14H,4,11-12H2,1-3H3,(H,25,28)/t14-/m1/s1. The highest BCUT2D eigenvalue weighted by Crippen LogP contribution is 2.24. The van der Waals surface area contributed by atoms with Crippen molar-refractivity contribution in [2.24, 2.45) is 0 Å². The second kappa shape index (κ2) is 10.7. The van der Waals surface area contributed by atoms with Crippen LogP contribution in [0.2, 0.25) is 15.1 Å². The van der Waals surface area contributed by atoms with Crippen molar-refractivity contribution in [2.45, 2.75) is 33.4 Å². The van der Waals surface area contributed by atoms with Crippen molar-refractivity contribution < 1.29 is 14.3 Å². The summed E-state index contributed by atoms with van der Waals surface area (Å²) in [5, 5.41) is 4.17. The third kappa shape index (κ3) is 6.53. The van der Waals surface area contributed by atoms with E-state index in [-0.39, 0.29) is 25.0 Å². The van der Waals surface area contributed by atoms with Gasteiger partial charge < -0.3 is 15.0 Å². The summed E-state index contributed by atoms with van der Waals surface area (Å²) in [5.41, 5.74) is 1.60. The average molecular weight is 458 g/mol. The molecule has 0 aliphatic carbocycles. The molecule has 0 bridgehead atoms. The molecule has 0 saturated carbocycles. The molecule has 0 aliphatic heterocycles. The maximum Gasteiger partial charge on any atom is 0.261 e. The van der Waals surface area contributed by atoms with Gasteiger partial charge in [-0.2, -0.15) is 0 Å². The lowest BCUT2D eigenvalue weighted by molar-refractivity contribution is -0.142. The summed E-state index contributed by atoms with van der Waals surface area (Å²) >= 11 is 18.1. The third-order valence-corrected chi connectivity index (χ3v) is 5.51. The van der Waals surface area contributed by atoms with E-state index in [1.165, 1.54) is 4.90 Å². The van der Waals surface area contributed by atoms with Gasteiger partial charge in [0.2, 0.25) is 5.91 Å². The summed E-state index contributed by atoms with van der Waals surface area (Å²) in [5.74, 6) is -0.0499. The maximum absolute atomic E-state index is 12.9. The van der Waals surface area contributed by atoms with Crippen molar-refractivity contribution in [2.75, 3.05) is 13.2 Å². The number of benzene rings is 2. The molecule has 0 aromatic heterocycles. The van der Waals surface area contributed by atoms with Crippen LogP contribution in [0.3, 0.4) is 0 Å². The Kier molecular flexibility index (Phi) is 8.62. The molecule has 1 atom stereocenters. The zero-order chi connectivity index (χ0) is 21.6. The predicted molar refractivity (Wildman–Crippen MR) is 117 cm³/mol. The minimum absolute atomic E-state index is 0.191. The first-order valence-electron chi connectivity index (χ1n) is 9.13. The minimum Gasteiger partial charge on any atom is -0.484 e. The quantitative estimate of drug-likeness (QED) is 0.614. The second-order valence-corrected chi connectivity index (χ2v) is 7.76. The van der Waals surface area contributed by atoms with E-state index in [1.807, 2.05) is 13.8 Å². The molecule has 2 amide bonds. The number of carbonyl (C=O) groups excluding carboxylic acids is 2. The Morgan fingerprint density at radius 2 is 1.76 bits per heavy atom. The van der Waals surface area contributed by atoms with Crippen LogP contribution in [0.5, 0.6) is 5.75 Å². The van der Waals surface area contributed by atoms with Crippen molar-refractivity contribution in [3.8, 4) is 5.75 Å². The minimum atomic E-state index is -0.688. The molecule has 5 nitrogen and oxygen atoms in total. The van der Waals surface area contributed by atoms with Crippen molar-refractivity contribution in [3.05, 3.63) is 62.6 Å². The third-order valence-electron chi connectivity index (χ3n) is 4.35. The van der Waals surface area contributed by atoms with Crippen LogP contribution >= 0.6 is 34.8 Å². The number of rotatable bonds is 8. The smallest absolute Gasteiger partial charge is 0.261 e. The Morgan fingerprint density at radius 1 is 1.07 bits per heavy atom. The lowest BCUT2D eigenvalue weighted by atomic mass is 10.1. The van der Waals surface area contributed by atoms with Gasteiger partial charge in [0.25, 0.3) is 5.91 Å². The molecule has 0 radical (unpaired) electrons. The summed E-state index contributed by atoms with van der Waals surface area (Å²) in [6.45, 7) is 5.79. The molecule has 156 valence electrons. The van der Waals surface area contributed by atoms with Gasteiger partial charge in [-0.3, -0.25) is 9.59 Å². The molecule has 2 rings (SSSR count). The van der Waals surface area contributed by atoms with Crippen molar-refractivity contribution in [1.82, 2.24) is 10.2 Å². The molecule has 8 heteroatoms. The molecule has 0 fully saturated rings. The van der Waals surface area contributed by atoms with Crippen molar-refractivity contribution >= 4 is 46.6 Å². The van der Waals surface area contributed by atoms with Gasteiger partial charge in [-0.05, 0) is 62.2 Å². The number of hydrogen-bond donors (Lipinski definition) is 1. The normalized spacial score (nSPS) is 11.7. The summed E-state index contributed by atoms with van der Waals surface area (Å²) < 4.78 is 5.63. The van der Waals surface area contributed by atoms with E-state index in [4.69, 9.17) is 39.5 Å². The lowest BCUT2D eigenvalue weighted by Crippen LogP contribution is -2.49. The summed E-state index contributed by atoms with van der Waals surface area (Å²) in [7, 11) is 0. The van der Waals surface area contributed by atoms with Crippen LogP contribution < -0.4 is 10.1 Å². The molecule has 0 heterocycles. The molecular formula is C21H23Cl3N2O3. The molecule has 29 heavy (non-hydrogen) atoms. The topological polar surface area (TPSA) is 58.6 Å². The molecule has 0 aliphatic rings. The van der Waals surface area contributed by atoms with Crippen LogP contribution in [-0.2, 0) is 16.1 Å². The van der Waals surface area contributed by atoms with Gasteiger partial charge in [0.05, 0.1) is 10.0 Å². The fraction of sp³-hybridized carbons (Fsp3) is 0.333. The van der Waals surface area contributed by atoms with E-state index in [0.717, 1.165) is 11.1 Å². The zero-order valence-corrected chi connectivity index (χ0v) is 18.7.